The van der Waals surface area contributed by atoms with Crippen molar-refractivity contribution in [1.82, 2.24) is 9.21 Å². The van der Waals surface area contributed by atoms with Crippen LogP contribution in [0.4, 0.5) is 0 Å². The molecule has 0 spiro atoms. The minimum absolute atomic E-state index is 0.00158. The molecule has 36 heavy (non-hydrogen) atoms. The number of rotatable bonds is 11. The number of methoxy groups -OCH3 is 1. The van der Waals surface area contributed by atoms with Crippen molar-refractivity contribution in [1.29, 1.82) is 0 Å². The van der Waals surface area contributed by atoms with Crippen molar-refractivity contribution in [3.8, 4) is 5.75 Å². The van der Waals surface area contributed by atoms with Crippen molar-refractivity contribution in [3.05, 3.63) is 70.4 Å². The number of carbonyl (C=O) groups is 1. The van der Waals surface area contributed by atoms with Gasteiger partial charge in [-0.25, -0.2) is 8.42 Å². The number of hydrogen-bond donors (Lipinski definition) is 1. The van der Waals surface area contributed by atoms with Crippen molar-refractivity contribution in [2.45, 2.75) is 23.5 Å². The minimum Gasteiger partial charge on any atom is -0.497 e. The fourth-order valence-electron chi connectivity index (χ4n) is 3.72. The third-order valence-corrected chi connectivity index (χ3v) is 8.11. The Morgan fingerprint density at radius 2 is 1.78 bits per heavy atom. The molecule has 11 heteroatoms. The van der Waals surface area contributed by atoms with Crippen molar-refractivity contribution in [2.24, 2.45) is 0 Å². The summed E-state index contributed by atoms with van der Waals surface area (Å²) in [5, 5.41) is 9.46. The molecular formula is C25H31BrN2O7S. The minimum atomic E-state index is -3.86. The van der Waals surface area contributed by atoms with E-state index in [0.717, 1.165) is 14.3 Å². The molecule has 2 aromatic rings. The van der Waals surface area contributed by atoms with Crippen molar-refractivity contribution in [3.63, 3.8) is 0 Å². The van der Waals surface area contributed by atoms with Gasteiger partial charge in [0.1, 0.15) is 5.75 Å². The van der Waals surface area contributed by atoms with E-state index in [0.29, 0.717) is 12.2 Å². The molecular weight excluding hydrogens is 552 g/mol. The largest absolute Gasteiger partial charge is 0.497 e. The number of carbonyl (C=O) groups excluding carboxylic acids is 1. The number of likely N-dealkylation sites (N-methyl/N-ethyl adjacent to an activating group) is 1. The molecule has 2 atom stereocenters. The number of benzene rings is 2. The molecule has 2 aromatic carbocycles. The highest BCUT2D eigenvalue weighted by Gasteiger charge is 2.30. The molecule has 0 unspecified atom stereocenters. The lowest BCUT2D eigenvalue weighted by Gasteiger charge is -2.31. The number of aliphatic hydroxyl groups is 1. The van der Waals surface area contributed by atoms with Gasteiger partial charge in [-0.15, -0.1) is 0 Å². The quantitative estimate of drug-likeness (QED) is 0.434. The Bertz CT molecular complexity index is 1150. The SMILES string of the molecule is COc1ccc(S(=O)(=O)N(CCO)CCO[C@H]2C[C@@H](c3ccc(Br)cc3)C=C(C(=O)N(C)C)O2)cc1. The fourth-order valence-corrected chi connectivity index (χ4v) is 5.40. The lowest BCUT2D eigenvalue weighted by atomic mass is 9.93. The number of allylic oxidation sites excluding steroid dienone is 1. The van der Waals surface area contributed by atoms with E-state index >= 15 is 0 Å². The van der Waals surface area contributed by atoms with Gasteiger partial charge in [0.2, 0.25) is 16.3 Å². The third-order valence-electron chi connectivity index (χ3n) is 5.66. The number of hydrogen-bond acceptors (Lipinski definition) is 7. The van der Waals surface area contributed by atoms with Gasteiger partial charge >= 0.3 is 0 Å². The van der Waals surface area contributed by atoms with E-state index in [2.05, 4.69) is 15.9 Å². The Kier molecular flexibility index (Phi) is 9.92. The summed E-state index contributed by atoms with van der Waals surface area (Å²) < 4.78 is 45.2. The Hall–Kier alpha value is -2.44. The van der Waals surface area contributed by atoms with Gasteiger partial charge in [0.05, 0.1) is 25.2 Å². The van der Waals surface area contributed by atoms with E-state index in [1.807, 2.05) is 24.3 Å². The van der Waals surface area contributed by atoms with Crippen molar-refractivity contribution in [2.75, 3.05) is 47.5 Å². The molecule has 0 radical (unpaired) electrons. The molecule has 0 saturated carbocycles. The van der Waals surface area contributed by atoms with Crippen LogP contribution in [0.15, 0.2) is 69.7 Å². The predicted octanol–water partition coefficient (Wildman–Crippen LogP) is 2.96. The zero-order valence-electron chi connectivity index (χ0n) is 20.5. The Morgan fingerprint density at radius 3 is 2.36 bits per heavy atom. The van der Waals surface area contributed by atoms with E-state index in [1.165, 1.54) is 24.1 Å². The maximum atomic E-state index is 13.1. The van der Waals surface area contributed by atoms with E-state index in [1.54, 1.807) is 32.3 Å². The second-order valence-corrected chi connectivity index (χ2v) is 11.2. The maximum absolute atomic E-state index is 13.1. The van der Waals surface area contributed by atoms with E-state index in [4.69, 9.17) is 14.2 Å². The zero-order valence-corrected chi connectivity index (χ0v) is 22.9. The van der Waals surface area contributed by atoms with Crippen LogP contribution in [0.1, 0.15) is 17.9 Å². The number of sulfonamides is 1. The number of nitrogens with zero attached hydrogens (tertiary/aromatic N) is 2. The molecule has 0 fully saturated rings. The molecule has 3 rings (SSSR count). The first-order valence-corrected chi connectivity index (χ1v) is 13.6. The monoisotopic (exact) mass is 582 g/mol. The Balaban J connectivity index is 1.71. The summed E-state index contributed by atoms with van der Waals surface area (Å²) >= 11 is 3.43. The molecule has 0 aromatic heterocycles. The summed E-state index contributed by atoms with van der Waals surface area (Å²) in [4.78, 5) is 14.1. The van der Waals surface area contributed by atoms with Crippen LogP contribution in [0.25, 0.3) is 0 Å². The molecule has 1 aliphatic heterocycles. The first-order chi connectivity index (χ1) is 17.1. The van der Waals surface area contributed by atoms with Gasteiger partial charge in [-0.05, 0) is 48.0 Å². The van der Waals surface area contributed by atoms with Gasteiger partial charge in [0.15, 0.2) is 5.76 Å². The van der Waals surface area contributed by atoms with Gasteiger partial charge in [0, 0.05) is 44.0 Å². The summed E-state index contributed by atoms with van der Waals surface area (Å²) in [5.41, 5.74) is 1.00. The summed E-state index contributed by atoms with van der Waals surface area (Å²) in [6, 6.07) is 13.8. The second kappa shape index (κ2) is 12.7. The molecule has 0 bridgehead atoms. The summed E-state index contributed by atoms with van der Waals surface area (Å²) in [6.45, 7) is -0.421. The number of amides is 1. The zero-order chi connectivity index (χ0) is 26.3. The van der Waals surface area contributed by atoms with Crippen LogP contribution in [0.2, 0.25) is 0 Å². The van der Waals surface area contributed by atoms with Crippen LogP contribution in [-0.4, -0.2) is 82.4 Å². The first-order valence-electron chi connectivity index (χ1n) is 11.4. The summed E-state index contributed by atoms with van der Waals surface area (Å²) in [7, 11) is 0.919. The number of ether oxygens (including phenoxy) is 3. The molecule has 0 saturated heterocycles. The highest BCUT2D eigenvalue weighted by Crippen LogP contribution is 2.32. The maximum Gasteiger partial charge on any atom is 0.288 e. The second-order valence-electron chi connectivity index (χ2n) is 8.35. The van der Waals surface area contributed by atoms with Crippen LogP contribution in [-0.2, 0) is 24.3 Å². The highest BCUT2D eigenvalue weighted by molar-refractivity contribution is 9.10. The molecule has 196 valence electrons. The normalized spacial score (nSPS) is 17.9. The predicted molar refractivity (Wildman–Crippen MR) is 138 cm³/mol. The van der Waals surface area contributed by atoms with Gasteiger partial charge < -0.3 is 24.2 Å². The summed E-state index contributed by atoms with van der Waals surface area (Å²) in [5.74, 6) is 0.320. The van der Waals surface area contributed by atoms with Crippen LogP contribution in [0.5, 0.6) is 5.75 Å². The molecule has 1 heterocycles. The third kappa shape index (κ3) is 7.07. The number of aliphatic hydroxyl groups excluding tert-OH is 1. The van der Waals surface area contributed by atoms with Gasteiger partial charge in [-0.3, -0.25) is 4.79 Å². The molecule has 9 nitrogen and oxygen atoms in total. The van der Waals surface area contributed by atoms with Crippen molar-refractivity contribution < 1.29 is 32.5 Å². The van der Waals surface area contributed by atoms with E-state index in [-0.39, 0.29) is 48.8 Å². The van der Waals surface area contributed by atoms with Crippen molar-refractivity contribution >= 4 is 31.9 Å². The van der Waals surface area contributed by atoms with Crippen LogP contribution >= 0.6 is 15.9 Å². The molecule has 1 N–H and O–H groups in total. The average molecular weight is 584 g/mol. The van der Waals surface area contributed by atoms with Gasteiger partial charge in [-0.2, -0.15) is 4.31 Å². The molecule has 1 aliphatic rings. The van der Waals surface area contributed by atoms with E-state index in [9.17, 15) is 18.3 Å². The van der Waals surface area contributed by atoms with Crippen LogP contribution in [0.3, 0.4) is 0 Å². The topological polar surface area (TPSA) is 106 Å². The highest BCUT2D eigenvalue weighted by atomic mass is 79.9. The fraction of sp³-hybridized carbons (Fsp3) is 0.400. The first kappa shape index (κ1) is 28.1. The molecule has 0 aliphatic carbocycles. The van der Waals surface area contributed by atoms with Crippen LogP contribution < -0.4 is 4.74 Å². The van der Waals surface area contributed by atoms with E-state index < -0.39 is 16.3 Å². The Morgan fingerprint density at radius 1 is 1.11 bits per heavy atom. The average Bonchev–Trinajstić information content (AvgIpc) is 2.87. The van der Waals surface area contributed by atoms with Gasteiger partial charge in [0.25, 0.3) is 5.91 Å². The Labute approximate surface area is 220 Å². The standard InChI is InChI=1S/C25H31BrN2O7S/c1-27(2)25(30)23-16-19(18-4-6-20(26)7-5-18)17-24(35-23)34-15-13-28(12-14-29)36(31,32)22-10-8-21(33-3)9-11-22/h4-11,16,19,24,29H,12-15,17H2,1-3H3/t19-,24+/m0/s1. The van der Waals surface area contributed by atoms with Gasteiger partial charge in [-0.1, -0.05) is 28.1 Å². The molecule has 1 amide bonds. The smallest absolute Gasteiger partial charge is 0.288 e. The summed E-state index contributed by atoms with van der Waals surface area (Å²) in [6.07, 6.45) is 1.50. The van der Waals surface area contributed by atoms with Crippen LogP contribution in [0, 0.1) is 0 Å². The number of halogens is 1. The lowest BCUT2D eigenvalue weighted by molar-refractivity contribution is -0.151. The lowest BCUT2D eigenvalue weighted by Crippen LogP contribution is -2.38.